The van der Waals surface area contributed by atoms with E-state index in [2.05, 4.69) is 27.2 Å². The first-order valence-electron chi connectivity index (χ1n) is 20.4. The Morgan fingerprint density at radius 2 is 1.54 bits per heavy atom. The molecule has 5 heterocycles. The molecule has 1 N–H and O–H groups in total. The largest absolute Gasteiger partial charge is 0.490 e. The van der Waals surface area contributed by atoms with Gasteiger partial charge in [0.05, 0.1) is 10.4 Å². The molecule has 306 valence electrons. The zero-order chi connectivity index (χ0) is 40.8. The molecule has 3 fully saturated rings. The molecule has 0 radical (unpaired) electrons. The van der Waals surface area contributed by atoms with Crippen LogP contribution in [0.2, 0.25) is 0 Å². The molecule has 3 amide bonds. The number of fused-ring (bicyclic) bond motifs is 2. The summed E-state index contributed by atoms with van der Waals surface area (Å²) in [6.07, 6.45) is 0.389. The van der Waals surface area contributed by atoms with Gasteiger partial charge in [0.15, 0.2) is 5.75 Å². The number of carbonyl (C=O) groups excluding carboxylic acids is 3. The number of piperidine rings is 3. The van der Waals surface area contributed by atoms with Crippen LogP contribution in [0, 0.1) is 12.8 Å². The van der Waals surface area contributed by atoms with Crippen molar-refractivity contribution in [1.82, 2.24) is 15.1 Å². The van der Waals surface area contributed by atoms with E-state index in [1.165, 1.54) is 23.5 Å². The summed E-state index contributed by atoms with van der Waals surface area (Å²) in [6.45, 7) is 7.32. The second kappa shape index (κ2) is 16.0. The molecule has 13 heteroatoms. The minimum atomic E-state index is -4.40. The maximum absolute atomic E-state index is 13.3. The number of aryl methyl sites for hydroxylation is 1. The molecule has 4 aliphatic heterocycles. The summed E-state index contributed by atoms with van der Waals surface area (Å²) < 4.78 is 53.7. The molecule has 1 unspecified atom stereocenters. The van der Waals surface area contributed by atoms with Crippen molar-refractivity contribution in [1.29, 1.82) is 0 Å². The number of anilines is 1. The predicted molar refractivity (Wildman–Crippen MR) is 221 cm³/mol. The zero-order valence-corrected chi connectivity index (χ0v) is 33.5. The van der Waals surface area contributed by atoms with Crippen LogP contribution in [0.5, 0.6) is 17.2 Å². The van der Waals surface area contributed by atoms with Crippen molar-refractivity contribution in [2.45, 2.75) is 70.3 Å². The maximum Gasteiger partial charge on any atom is 0.416 e. The maximum atomic E-state index is 13.3. The van der Waals surface area contributed by atoms with Crippen LogP contribution < -0.4 is 19.7 Å². The Morgan fingerprint density at radius 3 is 2.25 bits per heavy atom. The average molecular weight is 823 g/mol. The number of halogens is 3. The number of benzene rings is 4. The van der Waals surface area contributed by atoms with E-state index in [0.29, 0.717) is 41.5 Å². The lowest BCUT2D eigenvalue weighted by Crippen LogP contribution is -2.52. The summed E-state index contributed by atoms with van der Waals surface area (Å²) in [7, 11) is 0. The van der Waals surface area contributed by atoms with E-state index >= 15 is 0 Å². The minimum Gasteiger partial charge on any atom is -0.490 e. The Hall–Kier alpha value is -5.40. The van der Waals surface area contributed by atoms with Gasteiger partial charge < -0.3 is 24.2 Å². The zero-order valence-electron chi connectivity index (χ0n) is 32.7. The van der Waals surface area contributed by atoms with Crippen molar-refractivity contribution in [3.05, 3.63) is 107 Å². The molecule has 9 rings (SSSR count). The lowest BCUT2D eigenvalue weighted by Gasteiger charge is -2.38. The molecule has 1 atom stereocenters. The van der Waals surface area contributed by atoms with Gasteiger partial charge in [-0.2, -0.15) is 13.2 Å². The first-order valence-corrected chi connectivity index (χ1v) is 21.2. The van der Waals surface area contributed by atoms with E-state index in [-0.39, 0.29) is 24.3 Å². The first-order chi connectivity index (χ1) is 28.4. The summed E-state index contributed by atoms with van der Waals surface area (Å²) in [4.78, 5) is 44.5. The van der Waals surface area contributed by atoms with Crippen LogP contribution in [0.4, 0.5) is 18.9 Å². The van der Waals surface area contributed by atoms with Gasteiger partial charge in [-0.15, -0.1) is 11.3 Å². The number of hydrogen-bond acceptors (Lipinski definition) is 8. The second-order valence-corrected chi connectivity index (χ2v) is 17.3. The summed E-state index contributed by atoms with van der Waals surface area (Å²) in [5, 5.41) is 3.28. The van der Waals surface area contributed by atoms with E-state index in [4.69, 9.17) is 9.47 Å². The van der Waals surface area contributed by atoms with Gasteiger partial charge in [-0.3, -0.25) is 19.7 Å². The van der Waals surface area contributed by atoms with Crippen LogP contribution in [0.15, 0.2) is 84.9 Å². The fourth-order valence-corrected chi connectivity index (χ4v) is 10.1. The molecule has 0 saturated carbocycles. The molecule has 0 spiro atoms. The standard InChI is InChI=1S/C46H45F3N4O5S/c1-28-2-12-38-40(24-28)59-43(30-3-5-32(6-4-30)46(47,48)49)42(38)58-35-10-8-34(9-11-35)57-36-18-20-51(21-19-36)26-29-16-22-52(23-17-29)33-7-13-37-31(25-33)27-53(45(37)56)39-14-15-41(54)50-44(39)55/h2-13,24-25,29,36,39H,14-23,26-27H2,1H3,(H,50,54,55). The number of amides is 3. The molecule has 5 aromatic rings. The fourth-order valence-electron chi connectivity index (χ4n) is 8.88. The summed E-state index contributed by atoms with van der Waals surface area (Å²) in [6, 6.07) is 24.3. The molecule has 4 aliphatic rings. The van der Waals surface area contributed by atoms with Crippen molar-refractivity contribution >= 4 is 44.8 Å². The van der Waals surface area contributed by atoms with Gasteiger partial charge in [0.2, 0.25) is 11.8 Å². The Balaban J connectivity index is 0.752. The number of rotatable bonds is 9. The number of nitrogens with one attached hydrogen (secondary N) is 1. The molecular weight excluding hydrogens is 778 g/mol. The Morgan fingerprint density at radius 1 is 0.814 bits per heavy atom. The summed E-state index contributed by atoms with van der Waals surface area (Å²) in [5.41, 5.74) is 3.76. The van der Waals surface area contributed by atoms with Crippen LogP contribution in [-0.2, 0) is 22.3 Å². The fraction of sp³-hybridized carbons (Fsp3) is 0.370. The van der Waals surface area contributed by atoms with Gasteiger partial charge in [-0.05, 0) is 128 Å². The number of carbonyl (C=O) groups is 3. The number of ether oxygens (including phenoxy) is 2. The predicted octanol–water partition coefficient (Wildman–Crippen LogP) is 9.21. The quantitative estimate of drug-likeness (QED) is 0.148. The third-order valence-corrected chi connectivity index (χ3v) is 13.3. The SMILES string of the molecule is Cc1ccc2c(Oc3ccc(OC4CCN(CC5CCN(c6ccc7c(c6)CN(C6CCC(=O)NC6=O)C7=O)CC5)CC4)cc3)c(-c3ccc(C(F)(F)F)cc3)sc2c1. The van der Waals surface area contributed by atoms with Gasteiger partial charge in [-0.1, -0.05) is 18.2 Å². The van der Waals surface area contributed by atoms with Gasteiger partial charge in [-0.25, -0.2) is 0 Å². The topological polar surface area (TPSA) is 91.4 Å². The van der Waals surface area contributed by atoms with Crippen LogP contribution in [0.3, 0.4) is 0 Å². The van der Waals surface area contributed by atoms with Gasteiger partial charge in [0.1, 0.15) is 23.6 Å². The highest BCUT2D eigenvalue weighted by Crippen LogP contribution is 2.47. The first kappa shape index (κ1) is 39.1. The highest BCUT2D eigenvalue weighted by atomic mass is 32.1. The summed E-state index contributed by atoms with van der Waals surface area (Å²) in [5.74, 6) is 1.81. The molecule has 59 heavy (non-hydrogen) atoms. The van der Waals surface area contributed by atoms with E-state index in [1.54, 1.807) is 4.90 Å². The van der Waals surface area contributed by atoms with Crippen LogP contribution in [0.1, 0.15) is 65.6 Å². The van der Waals surface area contributed by atoms with E-state index in [9.17, 15) is 27.6 Å². The Kier molecular flexibility index (Phi) is 10.6. The monoisotopic (exact) mass is 822 g/mol. The minimum absolute atomic E-state index is 0.118. The van der Waals surface area contributed by atoms with Crippen LogP contribution >= 0.6 is 11.3 Å². The van der Waals surface area contributed by atoms with Crippen LogP contribution in [-0.4, -0.2) is 72.4 Å². The number of alkyl halides is 3. The van der Waals surface area contributed by atoms with Gasteiger partial charge in [0.25, 0.3) is 5.91 Å². The number of thiophene rings is 1. The number of imide groups is 1. The lowest BCUT2D eigenvalue weighted by molar-refractivity contribution is -0.138. The average Bonchev–Trinajstić information content (AvgIpc) is 3.75. The molecule has 9 nitrogen and oxygen atoms in total. The molecule has 3 saturated heterocycles. The molecule has 1 aromatic heterocycles. The van der Waals surface area contributed by atoms with Crippen LogP contribution in [0.25, 0.3) is 20.5 Å². The number of hydrogen-bond donors (Lipinski definition) is 1. The number of nitrogens with zero attached hydrogens (tertiary/aromatic N) is 3. The van der Waals surface area contributed by atoms with E-state index < -0.39 is 23.7 Å². The molecular formula is C46H45F3N4O5S. The highest BCUT2D eigenvalue weighted by molar-refractivity contribution is 7.22. The summed E-state index contributed by atoms with van der Waals surface area (Å²) >= 11 is 1.50. The smallest absolute Gasteiger partial charge is 0.416 e. The second-order valence-electron chi connectivity index (χ2n) is 16.2. The Labute approximate surface area is 344 Å². The molecule has 4 aromatic carbocycles. The number of likely N-dealkylation sites (tertiary alicyclic amines) is 1. The normalized spacial score (nSPS) is 19.7. The van der Waals surface area contributed by atoms with Crippen molar-refractivity contribution < 1.29 is 37.0 Å². The molecule has 0 bridgehead atoms. The van der Waals surface area contributed by atoms with E-state index in [0.717, 1.165) is 108 Å². The van der Waals surface area contributed by atoms with E-state index in [1.807, 2.05) is 55.5 Å². The van der Waals surface area contributed by atoms with Crippen molar-refractivity contribution in [3.8, 4) is 27.7 Å². The van der Waals surface area contributed by atoms with Crippen molar-refractivity contribution in [2.24, 2.45) is 5.92 Å². The van der Waals surface area contributed by atoms with Crippen molar-refractivity contribution in [2.75, 3.05) is 37.6 Å². The van der Waals surface area contributed by atoms with Gasteiger partial charge >= 0.3 is 6.18 Å². The highest BCUT2D eigenvalue weighted by Gasteiger charge is 2.39. The lowest BCUT2D eigenvalue weighted by atomic mass is 9.94. The Bertz CT molecular complexity index is 2380. The van der Waals surface area contributed by atoms with Crippen molar-refractivity contribution in [3.63, 3.8) is 0 Å². The third-order valence-electron chi connectivity index (χ3n) is 12.2. The third kappa shape index (κ3) is 8.27. The van der Waals surface area contributed by atoms with Gasteiger partial charge in [0, 0.05) is 67.0 Å². The molecule has 0 aliphatic carbocycles.